The summed E-state index contributed by atoms with van der Waals surface area (Å²) in [6, 6.07) is 0.629. The number of rotatable bonds is 2. The molecule has 106 valence electrons. The van der Waals surface area contributed by atoms with Crippen LogP contribution in [0, 0.1) is 0 Å². The van der Waals surface area contributed by atoms with Gasteiger partial charge < -0.3 is 15.5 Å². The van der Waals surface area contributed by atoms with Gasteiger partial charge in [-0.15, -0.1) is 0 Å². The molecular formula is C14H30N4. The van der Waals surface area contributed by atoms with E-state index >= 15 is 0 Å². The highest BCUT2D eigenvalue weighted by molar-refractivity contribution is 4.98. The van der Waals surface area contributed by atoms with E-state index < -0.39 is 0 Å². The molecule has 0 spiro atoms. The third-order valence-electron chi connectivity index (χ3n) is 4.95. The minimum Gasteiger partial charge on any atom is -0.329 e. The normalized spacial score (nSPS) is 32.3. The smallest absolute Gasteiger partial charge is 0.0359 e. The first-order valence-electron chi connectivity index (χ1n) is 7.41. The van der Waals surface area contributed by atoms with Crippen molar-refractivity contribution in [2.75, 3.05) is 53.4 Å². The Morgan fingerprint density at radius 2 is 1.72 bits per heavy atom. The van der Waals surface area contributed by atoms with Gasteiger partial charge in [-0.05, 0) is 59.9 Å². The Bertz CT molecular complexity index is 261. The van der Waals surface area contributed by atoms with Gasteiger partial charge in [0, 0.05) is 31.2 Å². The van der Waals surface area contributed by atoms with Gasteiger partial charge in [-0.25, -0.2) is 0 Å². The molecule has 0 aromatic heterocycles. The standard InChI is InChI=1S/C14H30N4/c1-13-11-17(3)7-4-8-18(13)14(12-15)5-9-16(2)10-6-14/h13H,4-12,15H2,1-3H3. The molecule has 2 heterocycles. The van der Waals surface area contributed by atoms with Crippen molar-refractivity contribution in [2.45, 2.75) is 37.8 Å². The average molecular weight is 254 g/mol. The van der Waals surface area contributed by atoms with Crippen LogP contribution in [0.15, 0.2) is 0 Å². The fourth-order valence-corrected chi connectivity index (χ4v) is 3.72. The van der Waals surface area contributed by atoms with Gasteiger partial charge >= 0.3 is 0 Å². The first-order valence-corrected chi connectivity index (χ1v) is 7.41. The van der Waals surface area contributed by atoms with Crippen LogP contribution in [0.4, 0.5) is 0 Å². The van der Waals surface area contributed by atoms with E-state index in [1.54, 1.807) is 0 Å². The number of hydrogen-bond acceptors (Lipinski definition) is 4. The van der Waals surface area contributed by atoms with E-state index in [0.29, 0.717) is 6.04 Å². The van der Waals surface area contributed by atoms with Crippen molar-refractivity contribution < 1.29 is 0 Å². The molecule has 4 heteroatoms. The summed E-state index contributed by atoms with van der Waals surface area (Å²) >= 11 is 0. The van der Waals surface area contributed by atoms with Crippen LogP contribution in [-0.2, 0) is 0 Å². The Morgan fingerprint density at radius 1 is 1.06 bits per heavy atom. The summed E-state index contributed by atoms with van der Waals surface area (Å²) in [6.07, 6.45) is 3.74. The summed E-state index contributed by atoms with van der Waals surface area (Å²) in [5.74, 6) is 0. The van der Waals surface area contributed by atoms with Crippen LogP contribution in [0.3, 0.4) is 0 Å². The highest BCUT2D eigenvalue weighted by Crippen LogP contribution is 2.30. The monoisotopic (exact) mass is 254 g/mol. The van der Waals surface area contributed by atoms with Gasteiger partial charge in [-0.3, -0.25) is 4.90 Å². The van der Waals surface area contributed by atoms with E-state index in [4.69, 9.17) is 5.73 Å². The van der Waals surface area contributed by atoms with E-state index in [0.717, 1.165) is 6.54 Å². The molecule has 0 radical (unpaired) electrons. The number of nitrogens with two attached hydrogens (primary N) is 1. The molecule has 0 amide bonds. The third-order valence-corrected chi connectivity index (χ3v) is 4.95. The topological polar surface area (TPSA) is 35.7 Å². The second-order valence-electron chi connectivity index (χ2n) is 6.39. The SMILES string of the molecule is CC1CN(C)CCCN1C1(CN)CCN(C)CC1. The summed E-state index contributed by atoms with van der Waals surface area (Å²) in [7, 11) is 4.46. The molecule has 2 N–H and O–H groups in total. The van der Waals surface area contributed by atoms with E-state index in [1.165, 1.54) is 52.0 Å². The predicted molar refractivity (Wildman–Crippen MR) is 76.8 cm³/mol. The molecule has 2 aliphatic heterocycles. The number of likely N-dealkylation sites (N-methyl/N-ethyl adjacent to an activating group) is 1. The predicted octanol–water partition coefficient (Wildman–Crippen LogP) is 0.436. The lowest BCUT2D eigenvalue weighted by molar-refractivity contribution is 0.00874. The zero-order chi connectivity index (χ0) is 13.2. The fourth-order valence-electron chi connectivity index (χ4n) is 3.72. The highest BCUT2D eigenvalue weighted by Gasteiger charge is 2.40. The van der Waals surface area contributed by atoms with Crippen molar-refractivity contribution >= 4 is 0 Å². The molecule has 1 atom stereocenters. The molecule has 0 bridgehead atoms. The summed E-state index contributed by atoms with van der Waals surface area (Å²) < 4.78 is 0. The lowest BCUT2D eigenvalue weighted by atomic mass is 9.84. The van der Waals surface area contributed by atoms with Crippen LogP contribution in [0.1, 0.15) is 26.2 Å². The summed E-state index contributed by atoms with van der Waals surface area (Å²) in [5, 5.41) is 0. The highest BCUT2D eigenvalue weighted by atomic mass is 15.3. The third kappa shape index (κ3) is 2.87. The Hall–Kier alpha value is -0.160. The van der Waals surface area contributed by atoms with Crippen LogP contribution in [0.25, 0.3) is 0 Å². The van der Waals surface area contributed by atoms with Gasteiger partial charge in [-0.2, -0.15) is 0 Å². The Labute approximate surface area is 112 Å². The van der Waals surface area contributed by atoms with Crippen molar-refractivity contribution in [2.24, 2.45) is 5.73 Å². The maximum Gasteiger partial charge on any atom is 0.0359 e. The number of likely N-dealkylation sites (tertiary alicyclic amines) is 1. The fraction of sp³-hybridized carbons (Fsp3) is 1.00. The number of piperidine rings is 1. The van der Waals surface area contributed by atoms with Crippen LogP contribution in [0.5, 0.6) is 0 Å². The van der Waals surface area contributed by atoms with Gasteiger partial charge in [0.2, 0.25) is 0 Å². The molecule has 2 saturated heterocycles. The van der Waals surface area contributed by atoms with Gasteiger partial charge in [0.25, 0.3) is 0 Å². The average Bonchev–Trinajstić information content (AvgIpc) is 2.52. The van der Waals surface area contributed by atoms with Crippen molar-refractivity contribution in [1.82, 2.24) is 14.7 Å². The quantitative estimate of drug-likeness (QED) is 0.775. The number of nitrogens with zero attached hydrogens (tertiary/aromatic N) is 3. The Morgan fingerprint density at radius 3 is 2.33 bits per heavy atom. The molecular weight excluding hydrogens is 224 g/mol. The van der Waals surface area contributed by atoms with Crippen molar-refractivity contribution in [3.05, 3.63) is 0 Å². The van der Waals surface area contributed by atoms with E-state index in [-0.39, 0.29) is 5.54 Å². The molecule has 1 unspecified atom stereocenters. The maximum absolute atomic E-state index is 6.19. The largest absolute Gasteiger partial charge is 0.329 e. The zero-order valence-electron chi connectivity index (χ0n) is 12.4. The molecule has 4 nitrogen and oxygen atoms in total. The second-order valence-corrected chi connectivity index (χ2v) is 6.39. The molecule has 0 saturated carbocycles. The van der Waals surface area contributed by atoms with Crippen molar-refractivity contribution in [3.63, 3.8) is 0 Å². The minimum atomic E-state index is 0.261. The first-order chi connectivity index (χ1) is 8.57. The van der Waals surface area contributed by atoms with E-state index in [9.17, 15) is 0 Å². The Kier molecular flexibility index (Phi) is 4.64. The second kappa shape index (κ2) is 5.87. The molecule has 0 aliphatic carbocycles. The van der Waals surface area contributed by atoms with E-state index in [1.807, 2.05) is 0 Å². The molecule has 0 aromatic rings. The van der Waals surface area contributed by atoms with Gasteiger partial charge in [-0.1, -0.05) is 0 Å². The van der Waals surface area contributed by atoms with Gasteiger partial charge in [0.05, 0.1) is 0 Å². The van der Waals surface area contributed by atoms with Crippen LogP contribution < -0.4 is 5.73 Å². The summed E-state index contributed by atoms with van der Waals surface area (Å²) in [5.41, 5.74) is 6.45. The van der Waals surface area contributed by atoms with Gasteiger partial charge in [0.15, 0.2) is 0 Å². The first kappa shape index (κ1) is 14.3. The molecule has 0 aromatic carbocycles. The van der Waals surface area contributed by atoms with Crippen LogP contribution in [-0.4, -0.2) is 79.6 Å². The Balaban J connectivity index is 2.10. The van der Waals surface area contributed by atoms with E-state index in [2.05, 4.69) is 35.7 Å². The minimum absolute atomic E-state index is 0.261. The molecule has 2 aliphatic rings. The number of hydrogen-bond donors (Lipinski definition) is 1. The van der Waals surface area contributed by atoms with Crippen LogP contribution >= 0.6 is 0 Å². The van der Waals surface area contributed by atoms with Crippen LogP contribution in [0.2, 0.25) is 0 Å². The lowest BCUT2D eigenvalue weighted by Crippen LogP contribution is -2.62. The lowest BCUT2D eigenvalue weighted by Gasteiger charge is -2.50. The van der Waals surface area contributed by atoms with Gasteiger partial charge in [0.1, 0.15) is 0 Å². The summed E-state index contributed by atoms with van der Waals surface area (Å²) in [4.78, 5) is 7.62. The summed E-state index contributed by atoms with van der Waals surface area (Å²) in [6.45, 7) is 9.18. The maximum atomic E-state index is 6.19. The van der Waals surface area contributed by atoms with Crippen molar-refractivity contribution in [3.8, 4) is 0 Å². The zero-order valence-corrected chi connectivity index (χ0v) is 12.4. The van der Waals surface area contributed by atoms with Crippen molar-refractivity contribution in [1.29, 1.82) is 0 Å². The molecule has 2 fully saturated rings. The molecule has 2 rings (SSSR count). The molecule has 18 heavy (non-hydrogen) atoms.